The van der Waals surface area contributed by atoms with E-state index in [1.54, 1.807) is 25.1 Å². The van der Waals surface area contributed by atoms with E-state index in [0.29, 0.717) is 40.2 Å². The zero-order valence-electron chi connectivity index (χ0n) is 15.0. The molecule has 1 aliphatic rings. The Labute approximate surface area is 150 Å². The molecule has 0 bridgehead atoms. The van der Waals surface area contributed by atoms with E-state index in [2.05, 4.69) is 5.10 Å². The Hall–Kier alpha value is -3.09. The summed E-state index contributed by atoms with van der Waals surface area (Å²) in [5.74, 6) is 0.243. The molecule has 0 saturated heterocycles. The summed E-state index contributed by atoms with van der Waals surface area (Å²) in [6.45, 7) is 3.98. The Morgan fingerprint density at radius 3 is 2.54 bits per heavy atom. The van der Waals surface area contributed by atoms with Gasteiger partial charge in [0.1, 0.15) is 0 Å². The fraction of sp³-hybridized carbons (Fsp3) is 0.316. The average molecular weight is 353 g/mol. The highest BCUT2D eigenvalue weighted by Crippen LogP contribution is 2.44. The summed E-state index contributed by atoms with van der Waals surface area (Å²) in [5.41, 5.74) is 4.08. The number of carboxylic acid groups (broad SMARTS) is 1. The maximum absolute atomic E-state index is 12.0. The number of carbonyl (C=O) groups is 1. The van der Waals surface area contributed by atoms with Crippen LogP contribution in [0, 0.1) is 0 Å². The predicted octanol–water partition coefficient (Wildman–Crippen LogP) is 3.30. The number of nitrogens with zero attached hydrogens (tertiary/aromatic N) is 3. The van der Waals surface area contributed by atoms with Crippen LogP contribution in [0.1, 0.15) is 41.4 Å². The van der Waals surface area contributed by atoms with Crippen LogP contribution in [-0.2, 0) is 6.42 Å². The average Bonchev–Trinajstić information content (AvgIpc) is 3.18. The molecule has 7 nitrogen and oxygen atoms in total. The van der Waals surface area contributed by atoms with Gasteiger partial charge in [-0.1, -0.05) is 0 Å². The molecule has 0 unspecified atom stereocenters. The molecular weight excluding hydrogens is 334 g/mol. The van der Waals surface area contributed by atoms with Gasteiger partial charge in [0.05, 0.1) is 37.1 Å². The van der Waals surface area contributed by atoms with Gasteiger partial charge in [0.15, 0.2) is 17.1 Å². The molecule has 0 radical (unpaired) electrons. The van der Waals surface area contributed by atoms with E-state index in [1.807, 2.05) is 26.0 Å². The van der Waals surface area contributed by atoms with Crippen molar-refractivity contribution in [1.82, 2.24) is 14.8 Å². The van der Waals surface area contributed by atoms with Gasteiger partial charge in [-0.3, -0.25) is 0 Å². The molecule has 7 heteroatoms. The lowest BCUT2D eigenvalue weighted by Gasteiger charge is -2.11. The first-order valence-electron chi connectivity index (χ1n) is 8.34. The Morgan fingerprint density at radius 2 is 1.92 bits per heavy atom. The molecule has 0 fully saturated rings. The number of benzene rings is 1. The molecule has 0 atom stereocenters. The predicted molar refractivity (Wildman–Crippen MR) is 96.2 cm³/mol. The standard InChI is InChI=1S/C19H19N3O4/c1-9(2)22-18-13(8-20-22)16(19(23)24)12-5-10-6-14(25-3)15(26-4)7-11(10)17(12)21-18/h6-9H,5H2,1-4H3,(H,23,24). The molecule has 0 saturated carbocycles. The number of fused-ring (bicyclic) bond motifs is 4. The molecule has 3 aromatic rings. The number of hydrogen-bond acceptors (Lipinski definition) is 5. The smallest absolute Gasteiger partial charge is 0.336 e. The van der Waals surface area contributed by atoms with Gasteiger partial charge < -0.3 is 14.6 Å². The van der Waals surface area contributed by atoms with Crippen LogP contribution >= 0.6 is 0 Å². The van der Waals surface area contributed by atoms with E-state index in [1.165, 1.54) is 0 Å². The third kappa shape index (κ3) is 2.16. The minimum Gasteiger partial charge on any atom is -0.493 e. The van der Waals surface area contributed by atoms with E-state index < -0.39 is 5.97 Å². The second-order valence-electron chi connectivity index (χ2n) is 6.58. The lowest BCUT2D eigenvalue weighted by Crippen LogP contribution is -2.07. The maximum Gasteiger partial charge on any atom is 0.336 e. The van der Waals surface area contributed by atoms with Crippen LogP contribution in [-0.4, -0.2) is 40.1 Å². The summed E-state index contributed by atoms with van der Waals surface area (Å²) in [6, 6.07) is 3.83. The van der Waals surface area contributed by atoms with Gasteiger partial charge in [-0.15, -0.1) is 0 Å². The van der Waals surface area contributed by atoms with Crippen molar-refractivity contribution >= 4 is 17.0 Å². The molecule has 134 valence electrons. The molecule has 2 heterocycles. The first-order chi connectivity index (χ1) is 12.5. The summed E-state index contributed by atoms with van der Waals surface area (Å²) in [4.78, 5) is 16.8. The monoisotopic (exact) mass is 353 g/mol. The highest BCUT2D eigenvalue weighted by Gasteiger charge is 2.30. The lowest BCUT2D eigenvalue weighted by atomic mass is 10.0. The van der Waals surface area contributed by atoms with Gasteiger partial charge in [0, 0.05) is 18.0 Å². The molecule has 1 N–H and O–H groups in total. The highest BCUT2D eigenvalue weighted by molar-refractivity contribution is 6.06. The van der Waals surface area contributed by atoms with Gasteiger partial charge in [-0.05, 0) is 37.1 Å². The third-order valence-electron chi connectivity index (χ3n) is 4.78. The maximum atomic E-state index is 12.0. The first kappa shape index (κ1) is 16.4. The molecule has 2 aromatic heterocycles. The topological polar surface area (TPSA) is 86.5 Å². The van der Waals surface area contributed by atoms with E-state index >= 15 is 0 Å². The minimum absolute atomic E-state index is 0.0750. The Bertz CT molecular complexity index is 1050. The zero-order chi connectivity index (χ0) is 18.6. The molecule has 4 rings (SSSR count). The molecule has 1 aliphatic carbocycles. The number of methoxy groups -OCH3 is 2. The second-order valence-corrected chi connectivity index (χ2v) is 6.58. The fourth-order valence-electron chi connectivity index (χ4n) is 3.59. The Balaban J connectivity index is 2.06. The number of carboxylic acids is 1. The van der Waals surface area contributed by atoms with Crippen molar-refractivity contribution in [1.29, 1.82) is 0 Å². The Kier molecular flexibility index (Phi) is 3.61. The lowest BCUT2D eigenvalue weighted by molar-refractivity contribution is 0.0698. The van der Waals surface area contributed by atoms with Crippen molar-refractivity contribution in [2.75, 3.05) is 14.2 Å². The summed E-state index contributed by atoms with van der Waals surface area (Å²) in [5, 5.41) is 14.8. The van der Waals surface area contributed by atoms with Crippen LogP contribution in [0.2, 0.25) is 0 Å². The van der Waals surface area contributed by atoms with Gasteiger partial charge >= 0.3 is 5.97 Å². The number of ether oxygens (including phenoxy) is 2. The van der Waals surface area contributed by atoms with Crippen molar-refractivity contribution in [2.45, 2.75) is 26.3 Å². The fourth-order valence-corrected chi connectivity index (χ4v) is 3.59. The van der Waals surface area contributed by atoms with Crippen LogP contribution in [0.15, 0.2) is 18.3 Å². The largest absolute Gasteiger partial charge is 0.493 e. The molecule has 0 aliphatic heterocycles. The molecule has 1 aromatic carbocycles. The number of rotatable bonds is 4. The molecule has 26 heavy (non-hydrogen) atoms. The number of hydrogen-bond donors (Lipinski definition) is 1. The zero-order valence-corrected chi connectivity index (χ0v) is 15.0. The van der Waals surface area contributed by atoms with E-state index in [-0.39, 0.29) is 11.6 Å². The van der Waals surface area contributed by atoms with Gasteiger partial charge in [-0.2, -0.15) is 5.10 Å². The van der Waals surface area contributed by atoms with Crippen LogP contribution < -0.4 is 9.47 Å². The van der Waals surface area contributed by atoms with Gasteiger partial charge in [0.25, 0.3) is 0 Å². The van der Waals surface area contributed by atoms with Crippen molar-refractivity contribution in [2.24, 2.45) is 0 Å². The highest BCUT2D eigenvalue weighted by atomic mass is 16.5. The second kappa shape index (κ2) is 5.72. The molecule has 0 amide bonds. The van der Waals surface area contributed by atoms with E-state index in [4.69, 9.17) is 14.5 Å². The quantitative estimate of drug-likeness (QED) is 0.606. The third-order valence-corrected chi connectivity index (χ3v) is 4.78. The van der Waals surface area contributed by atoms with Crippen LogP contribution in [0.25, 0.3) is 22.3 Å². The summed E-state index contributed by atoms with van der Waals surface area (Å²) in [7, 11) is 3.16. The van der Waals surface area contributed by atoms with Crippen molar-refractivity contribution in [3.63, 3.8) is 0 Å². The number of aromatic carboxylic acids is 1. The number of aromatic nitrogens is 3. The normalized spacial score (nSPS) is 12.3. The van der Waals surface area contributed by atoms with Gasteiger partial charge in [0.2, 0.25) is 0 Å². The van der Waals surface area contributed by atoms with Crippen molar-refractivity contribution < 1.29 is 19.4 Å². The van der Waals surface area contributed by atoms with Crippen LogP contribution in [0.3, 0.4) is 0 Å². The first-order valence-corrected chi connectivity index (χ1v) is 8.34. The van der Waals surface area contributed by atoms with E-state index in [0.717, 1.165) is 11.1 Å². The molecule has 0 spiro atoms. The van der Waals surface area contributed by atoms with E-state index in [9.17, 15) is 9.90 Å². The summed E-state index contributed by atoms with van der Waals surface area (Å²) in [6.07, 6.45) is 2.08. The Morgan fingerprint density at radius 1 is 1.23 bits per heavy atom. The summed E-state index contributed by atoms with van der Waals surface area (Å²) >= 11 is 0. The van der Waals surface area contributed by atoms with Crippen molar-refractivity contribution in [3.05, 3.63) is 35.0 Å². The van der Waals surface area contributed by atoms with Crippen molar-refractivity contribution in [3.8, 4) is 22.8 Å². The van der Waals surface area contributed by atoms with Gasteiger partial charge in [-0.25, -0.2) is 14.5 Å². The minimum atomic E-state index is -0.969. The molecular formula is C19H19N3O4. The number of pyridine rings is 1. The summed E-state index contributed by atoms with van der Waals surface area (Å²) < 4.78 is 12.5. The van der Waals surface area contributed by atoms with Crippen LogP contribution in [0.5, 0.6) is 11.5 Å². The SMILES string of the molecule is COc1cc2c(cc1OC)-c1nc3c(cnn3C(C)C)c(C(=O)O)c1C2. The van der Waals surface area contributed by atoms with Crippen LogP contribution in [0.4, 0.5) is 0 Å².